The quantitative estimate of drug-likeness (QED) is 0.212. The molecule has 0 aliphatic carbocycles. The monoisotopic (exact) mass is 578 g/mol. The third-order valence-corrected chi connectivity index (χ3v) is 8.61. The van der Waals surface area contributed by atoms with Crippen LogP contribution in [0.3, 0.4) is 0 Å². The number of hydrogen-bond acceptors (Lipinski definition) is 5. The Bertz CT molecular complexity index is 1970. The largest absolute Gasteiger partial charge is 0.457 e. The number of carbonyl (C=O) groups excluding carboxylic acids is 1. The van der Waals surface area contributed by atoms with Crippen molar-refractivity contribution in [3.05, 3.63) is 142 Å². The molecular weight excluding hydrogens is 548 g/mol. The zero-order valence-corrected chi connectivity index (χ0v) is 24.9. The van der Waals surface area contributed by atoms with Gasteiger partial charge in [-0.15, -0.1) is 0 Å². The van der Waals surface area contributed by atoms with Crippen molar-refractivity contribution in [1.82, 2.24) is 19.6 Å². The molecule has 0 saturated heterocycles. The highest BCUT2D eigenvalue weighted by Gasteiger charge is 2.43. The number of nitrogens with zero attached hydrogens (tertiary/aromatic N) is 4. The second-order valence-electron chi connectivity index (χ2n) is 11.6. The number of carbonyl (C=O) groups is 1. The summed E-state index contributed by atoms with van der Waals surface area (Å²) in [5.41, 5.74) is 8.68. The van der Waals surface area contributed by atoms with Crippen LogP contribution in [0.25, 0.3) is 11.4 Å². The van der Waals surface area contributed by atoms with Gasteiger partial charge in [-0.25, -0.2) is 9.36 Å². The van der Waals surface area contributed by atoms with Crippen molar-refractivity contribution in [1.29, 1.82) is 0 Å². The van der Waals surface area contributed by atoms with Crippen molar-refractivity contribution < 1.29 is 14.3 Å². The summed E-state index contributed by atoms with van der Waals surface area (Å²) in [6, 6.07) is 31.6. The molecular formula is C37H30N4O3. The van der Waals surface area contributed by atoms with Gasteiger partial charge in [0.05, 0.1) is 34.6 Å². The summed E-state index contributed by atoms with van der Waals surface area (Å²) in [4.78, 5) is 15.6. The lowest BCUT2D eigenvalue weighted by molar-refractivity contribution is -0.120. The molecule has 44 heavy (non-hydrogen) atoms. The normalized spacial score (nSPS) is 16.2. The van der Waals surface area contributed by atoms with Crippen LogP contribution < -0.4 is 9.47 Å². The average molecular weight is 579 g/mol. The van der Waals surface area contributed by atoms with Gasteiger partial charge in [-0.2, -0.15) is 10.2 Å². The molecule has 2 aliphatic rings. The van der Waals surface area contributed by atoms with Crippen molar-refractivity contribution in [2.24, 2.45) is 0 Å². The Morgan fingerprint density at radius 1 is 0.568 bits per heavy atom. The number of para-hydroxylation sites is 2. The summed E-state index contributed by atoms with van der Waals surface area (Å²) in [6.45, 7) is 8.01. The molecule has 216 valence electrons. The molecule has 4 aromatic carbocycles. The van der Waals surface area contributed by atoms with Gasteiger partial charge in [-0.05, 0) is 76.2 Å². The van der Waals surface area contributed by atoms with Crippen molar-refractivity contribution in [3.8, 4) is 34.4 Å². The van der Waals surface area contributed by atoms with Crippen LogP contribution in [-0.2, 0) is 4.79 Å². The van der Waals surface area contributed by atoms with Crippen LogP contribution in [-0.4, -0.2) is 25.3 Å². The highest BCUT2D eigenvalue weighted by Crippen LogP contribution is 2.53. The number of ketones is 1. The average Bonchev–Trinajstić information content (AvgIpc) is 3.55. The van der Waals surface area contributed by atoms with Gasteiger partial charge < -0.3 is 9.47 Å². The number of fused-ring (bicyclic) bond motifs is 4. The fourth-order valence-electron chi connectivity index (χ4n) is 6.87. The van der Waals surface area contributed by atoms with Crippen LogP contribution in [0.1, 0.15) is 56.9 Å². The Kier molecular flexibility index (Phi) is 5.84. The van der Waals surface area contributed by atoms with Gasteiger partial charge in [0.1, 0.15) is 23.0 Å². The lowest BCUT2D eigenvalue weighted by atomic mass is 9.74. The molecule has 2 aromatic heterocycles. The van der Waals surface area contributed by atoms with Gasteiger partial charge in [-0.1, -0.05) is 48.5 Å². The minimum atomic E-state index is -0.632. The lowest BCUT2D eigenvalue weighted by Gasteiger charge is -2.35. The molecule has 7 nitrogen and oxygen atoms in total. The van der Waals surface area contributed by atoms with E-state index in [0.29, 0.717) is 23.0 Å². The van der Waals surface area contributed by atoms with E-state index >= 15 is 4.79 Å². The van der Waals surface area contributed by atoms with E-state index in [1.54, 1.807) is 0 Å². The maximum Gasteiger partial charge on any atom is 0.157 e. The van der Waals surface area contributed by atoms with Crippen LogP contribution in [0.4, 0.5) is 0 Å². The second-order valence-corrected chi connectivity index (χ2v) is 11.6. The van der Waals surface area contributed by atoms with E-state index in [2.05, 4.69) is 0 Å². The van der Waals surface area contributed by atoms with E-state index in [-0.39, 0.29) is 5.78 Å². The molecule has 0 radical (unpaired) electrons. The number of aromatic nitrogens is 4. The summed E-state index contributed by atoms with van der Waals surface area (Å²) in [5.74, 6) is 1.42. The zero-order valence-electron chi connectivity index (χ0n) is 24.9. The molecule has 0 N–H and O–H groups in total. The Hall–Kier alpha value is -5.43. The van der Waals surface area contributed by atoms with Gasteiger partial charge in [0, 0.05) is 33.6 Å². The van der Waals surface area contributed by atoms with Crippen LogP contribution in [0, 0.1) is 27.7 Å². The molecule has 0 bridgehead atoms. The number of hydrogen-bond donors (Lipinski definition) is 0. The molecule has 2 unspecified atom stereocenters. The number of Topliss-reactive ketones (excluding diaryl/α,β-unsaturated/α-hetero) is 1. The van der Waals surface area contributed by atoms with Crippen LogP contribution in [0.5, 0.6) is 23.0 Å². The zero-order chi connectivity index (χ0) is 30.1. The number of ether oxygens (including phenoxy) is 2. The van der Waals surface area contributed by atoms with E-state index in [1.165, 1.54) is 0 Å². The standard InChI is InChI=1S/C37H30N4O3/c1-21-19-23(3)40(38-21)27-13-9-17-31-35(27)33(25-11-5-7-15-29(25)43-31)37(42)34-26-12-6-8-16-30(26)44-32-18-10-14-28(36(32)34)41-24(4)20-22(2)39-41/h5-20,33-34H,1-4H3. The van der Waals surface area contributed by atoms with Crippen molar-refractivity contribution in [2.75, 3.05) is 0 Å². The smallest absolute Gasteiger partial charge is 0.157 e. The third-order valence-electron chi connectivity index (χ3n) is 8.61. The molecule has 4 heterocycles. The van der Waals surface area contributed by atoms with Crippen LogP contribution in [0.2, 0.25) is 0 Å². The first-order chi connectivity index (χ1) is 21.4. The summed E-state index contributed by atoms with van der Waals surface area (Å²) in [6.07, 6.45) is 0. The Balaban J connectivity index is 1.40. The van der Waals surface area contributed by atoms with Crippen molar-refractivity contribution >= 4 is 5.78 Å². The van der Waals surface area contributed by atoms with Crippen LogP contribution >= 0.6 is 0 Å². The number of rotatable bonds is 4. The Labute approximate surface area is 255 Å². The van der Waals surface area contributed by atoms with Gasteiger partial charge in [-0.3, -0.25) is 4.79 Å². The molecule has 2 aliphatic heterocycles. The SMILES string of the molecule is Cc1cc(C)n(-c2cccc3c2C(C(=O)C2c4ccccc4Oc4cccc(-n5nc(C)cc5C)c42)c2ccccc2O3)n1. The van der Waals surface area contributed by atoms with E-state index in [0.717, 1.165) is 56.4 Å². The molecule has 0 fully saturated rings. The molecule has 0 amide bonds. The lowest BCUT2D eigenvalue weighted by Crippen LogP contribution is -2.29. The van der Waals surface area contributed by atoms with E-state index < -0.39 is 11.8 Å². The fourth-order valence-corrected chi connectivity index (χ4v) is 6.87. The van der Waals surface area contributed by atoms with Gasteiger partial charge >= 0.3 is 0 Å². The predicted octanol–water partition coefficient (Wildman–Crippen LogP) is 8.04. The maximum atomic E-state index is 15.6. The first-order valence-electron chi connectivity index (χ1n) is 14.8. The van der Waals surface area contributed by atoms with Gasteiger partial charge in [0.15, 0.2) is 5.78 Å². The second kappa shape index (κ2) is 9.81. The first-order valence-corrected chi connectivity index (χ1v) is 14.8. The first kappa shape index (κ1) is 26.2. The van der Waals surface area contributed by atoms with E-state index in [1.807, 2.05) is 134 Å². The van der Waals surface area contributed by atoms with Gasteiger partial charge in [0.2, 0.25) is 0 Å². The van der Waals surface area contributed by atoms with Crippen molar-refractivity contribution in [2.45, 2.75) is 39.5 Å². The van der Waals surface area contributed by atoms with Crippen LogP contribution in [0.15, 0.2) is 97.1 Å². The molecule has 2 atom stereocenters. The maximum absolute atomic E-state index is 15.6. The summed E-state index contributed by atoms with van der Waals surface area (Å²) in [5, 5.41) is 9.61. The third kappa shape index (κ3) is 3.93. The fraction of sp³-hybridized carbons (Fsp3) is 0.162. The Morgan fingerprint density at radius 3 is 1.39 bits per heavy atom. The van der Waals surface area contributed by atoms with Gasteiger partial charge in [0.25, 0.3) is 0 Å². The highest BCUT2D eigenvalue weighted by atomic mass is 16.5. The Morgan fingerprint density at radius 2 is 0.977 bits per heavy atom. The van der Waals surface area contributed by atoms with E-state index in [9.17, 15) is 0 Å². The molecule has 6 aromatic rings. The van der Waals surface area contributed by atoms with E-state index in [4.69, 9.17) is 19.7 Å². The summed E-state index contributed by atoms with van der Waals surface area (Å²) >= 11 is 0. The topological polar surface area (TPSA) is 71.2 Å². The number of aryl methyl sites for hydroxylation is 4. The van der Waals surface area contributed by atoms with Crippen molar-refractivity contribution in [3.63, 3.8) is 0 Å². The summed E-state index contributed by atoms with van der Waals surface area (Å²) < 4.78 is 16.8. The minimum Gasteiger partial charge on any atom is -0.457 e. The molecule has 8 rings (SSSR count). The molecule has 0 saturated carbocycles. The highest BCUT2D eigenvalue weighted by molar-refractivity contribution is 6.01. The molecule has 0 spiro atoms. The minimum absolute atomic E-state index is 0.0296. The predicted molar refractivity (Wildman–Crippen MR) is 168 cm³/mol. The molecule has 7 heteroatoms. The summed E-state index contributed by atoms with van der Waals surface area (Å²) in [7, 11) is 0. The number of benzene rings is 4.